The van der Waals surface area contributed by atoms with Crippen LogP contribution in [0.3, 0.4) is 0 Å². The first-order chi connectivity index (χ1) is 9.36. The lowest BCUT2D eigenvalue weighted by Gasteiger charge is -2.13. The van der Waals surface area contributed by atoms with E-state index in [1.165, 1.54) is 6.92 Å². The van der Waals surface area contributed by atoms with Gasteiger partial charge in [0.2, 0.25) is 0 Å². The van der Waals surface area contributed by atoms with Crippen molar-refractivity contribution in [3.05, 3.63) is 47.0 Å². The molecule has 0 fully saturated rings. The van der Waals surface area contributed by atoms with Gasteiger partial charge in [0.05, 0.1) is 12.7 Å². The van der Waals surface area contributed by atoms with E-state index in [-0.39, 0.29) is 16.8 Å². The Hall–Kier alpha value is -1.98. The number of hydrogen-bond acceptors (Lipinski definition) is 1. The molecule has 2 rings (SSSR count). The van der Waals surface area contributed by atoms with Gasteiger partial charge in [0.1, 0.15) is 31.0 Å². The number of aryl methyl sites for hydroxylation is 1. The molecule has 2 aromatic carbocycles. The average Bonchev–Trinajstić information content (AvgIpc) is 2.35. The molecule has 0 spiro atoms. The summed E-state index contributed by atoms with van der Waals surface area (Å²) in [6.45, 7) is 1.36. The molecule has 1 nitrogen and oxygen atoms in total. The van der Waals surface area contributed by atoms with E-state index in [1.54, 1.807) is 0 Å². The molecule has 6 heteroatoms. The van der Waals surface area contributed by atoms with Crippen molar-refractivity contribution >= 4 is 13.3 Å². The van der Waals surface area contributed by atoms with E-state index in [2.05, 4.69) is 0 Å². The zero-order chi connectivity index (χ0) is 15.0. The summed E-state index contributed by atoms with van der Waals surface area (Å²) in [7, 11) is 6.57. The van der Waals surface area contributed by atoms with E-state index in [1.807, 2.05) is 0 Å². The second-order valence-corrected chi connectivity index (χ2v) is 4.25. The molecule has 0 unspecified atom stereocenters. The zero-order valence-electron chi connectivity index (χ0n) is 10.7. The number of methoxy groups -OCH3 is 1. The molecule has 0 N–H and O–H groups in total. The third kappa shape index (κ3) is 2.26. The minimum Gasteiger partial charge on any atom is -0.494 e. The molecule has 0 saturated carbocycles. The summed E-state index contributed by atoms with van der Waals surface area (Å²) in [5.41, 5.74) is -1.21. The number of benzene rings is 2. The molecule has 0 aliphatic heterocycles. The van der Waals surface area contributed by atoms with Crippen LogP contribution in [0.15, 0.2) is 18.2 Å². The Balaban J connectivity index is 2.79. The molecular weight excluding hydrogens is 271 g/mol. The van der Waals surface area contributed by atoms with E-state index in [4.69, 9.17) is 12.6 Å². The molecule has 0 bridgehead atoms. The Morgan fingerprint density at radius 2 is 1.60 bits per heavy atom. The van der Waals surface area contributed by atoms with E-state index in [0.717, 1.165) is 19.2 Å². The van der Waals surface area contributed by atoms with Gasteiger partial charge in [0, 0.05) is 11.6 Å². The van der Waals surface area contributed by atoms with Crippen LogP contribution in [0, 0.1) is 30.2 Å². The normalized spacial score (nSPS) is 10.7. The standard InChI is InChI=1S/C14H9BF4O/c1-6-3-7(10(17)5-9(6)16)12-11(18)4-8(15)14(20-2)13(12)19/h3-5H,1-2H3. The molecule has 2 radical (unpaired) electrons. The Bertz CT molecular complexity index is 686. The van der Waals surface area contributed by atoms with Gasteiger partial charge < -0.3 is 4.74 Å². The number of halogens is 4. The number of hydrogen-bond donors (Lipinski definition) is 0. The summed E-state index contributed by atoms with van der Waals surface area (Å²) in [5, 5.41) is 0. The summed E-state index contributed by atoms with van der Waals surface area (Å²) >= 11 is 0. The van der Waals surface area contributed by atoms with Gasteiger partial charge >= 0.3 is 0 Å². The van der Waals surface area contributed by atoms with E-state index in [0.29, 0.717) is 6.07 Å². The highest BCUT2D eigenvalue weighted by Crippen LogP contribution is 2.33. The lowest BCUT2D eigenvalue weighted by atomic mass is 9.90. The van der Waals surface area contributed by atoms with Crippen molar-refractivity contribution in [1.29, 1.82) is 0 Å². The van der Waals surface area contributed by atoms with Crippen LogP contribution in [0.2, 0.25) is 0 Å². The summed E-state index contributed by atoms with van der Waals surface area (Å²) in [6, 6.07) is 2.43. The average molecular weight is 280 g/mol. The molecule has 20 heavy (non-hydrogen) atoms. The van der Waals surface area contributed by atoms with Crippen molar-refractivity contribution in [2.75, 3.05) is 7.11 Å². The molecule has 0 heterocycles. The lowest BCUT2D eigenvalue weighted by Crippen LogP contribution is -2.12. The van der Waals surface area contributed by atoms with Crippen LogP contribution >= 0.6 is 0 Å². The maximum absolute atomic E-state index is 14.2. The third-order valence-corrected chi connectivity index (χ3v) is 2.92. The van der Waals surface area contributed by atoms with Crippen LogP contribution < -0.4 is 10.2 Å². The smallest absolute Gasteiger partial charge is 0.175 e. The molecule has 0 aliphatic rings. The van der Waals surface area contributed by atoms with Crippen LogP contribution in [-0.2, 0) is 0 Å². The quantitative estimate of drug-likeness (QED) is 0.607. The molecule has 0 aliphatic carbocycles. The van der Waals surface area contributed by atoms with Crippen LogP contribution in [0.1, 0.15) is 5.56 Å². The largest absolute Gasteiger partial charge is 0.494 e. The minimum atomic E-state index is -1.13. The second kappa shape index (κ2) is 5.19. The highest BCUT2D eigenvalue weighted by Gasteiger charge is 2.22. The molecule has 102 valence electrons. The Labute approximate surface area is 114 Å². The fourth-order valence-corrected chi connectivity index (χ4v) is 1.92. The van der Waals surface area contributed by atoms with Gasteiger partial charge in [-0.1, -0.05) is 0 Å². The topological polar surface area (TPSA) is 9.23 Å². The molecular formula is C14H9BF4O. The fourth-order valence-electron chi connectivity index (χ4n) is 1.92. The van der Waals surface area contributed by atoms with Gasteiger partial charge in [-0.2, -0.15) is 0 Å². The Morgan fingerprint density at radius 1 is 0.950 bits per heavy atom. The molecule has 2 aromatic rings. The predicted octanol–water partition coefficient (Wildman–Crippen LogP) is 3.02. The van der Waals surface area contributed by atoms with Crippen LogP contribution in [0.25, 0.3) is 11.1 Å². The Kier molecular flexibility index (Phi) is 3.75. The van der Waals surface area contributed by atoms with Gasteiger partial charge in [0.15, 0.2) is 5.82 Å². The maximum Gasteiger partial charge on any atom is 0.175 e. The highest BCUT2D eigenvalue weighted by atomic mass is 19.1. The first-order valence-corrected chi connectivity index (χ1v) is 5.64. The van der Waals surface area contributed by atoms with E-state index < -0.39 is 34.4 Å². The number of ether oxygens (including phenoxy) is 1. The van der Waals surface area contributed by atoms with Crippen LogP contribution in [-0.4, -0.2) is 15.0 Å². The first-order valence-electron chi connectivity index (χ1n) is 5.64. The van der Waals surface area contributed by atoms with Gasteiger partial charge in [-0.3, -0.25) is 0 Å². The predicted molar refractivity (Wildman–Crippen MR) is 68.4 cm³/mol. The molecule has 0 saturated heterocycles. The van der Waals surface area contributed by atoms with E-state index in [9.17, 15) is 17.6 Å². The number of rotatable bonds is 2. The monoisotopic (exact) mass is 280 g/mol. The fraction of sp³-hybridized carbons (Fsp3) is 0.143. The minimum absolute atomic E-state index is 0.0657. The first kappa shape index (κ1) is 14.4. The summed E-state index contributed by atoms with van der Waals surface area (Å²) in [5.74, 6) is -4.43. The van der Waals surface area contributed by atoms with Crippen molar-refractivity contribution in [2.45, 2.75) is 6.92 Å². The van der Waals surface area contributed by atoms with Crippen molar-refractivity contribution in [1.82, 2.24) is 0 Å². The summed E-state index contributed by atoms with van der Waals surface area (Å²) in [6.07, 6.45) is 0. The van der Waals surface area contributed by atoms with Gasteiger partial charge in [0.25, 0.3) is 0 Å². The van der Waals surface area contributed by atoms with Crippen molar-refractivity contribution < 1.29 is 22.3 Å². The van der Waals surface area contributed by atoms with E-state index >= 15 is 0 Å². The van der Waals surface area contributed by atoms with Crippen molar-refractivity contribution in [3.8, 4) is 16.9 Å². The molecule has 0 amide bonds. The lowest BCUT2D eigenvalue weighted by molar-refractivity contribution is 0.389. The molecule has 0 aromatic heterocycles. The van der Waals surface area contributed by atoms with Crippen LogP contribution in [0.4, 0.5) is 17.6 Å². The maximum atomic E-state index is 14.2. The highest BCUT2D eigenvalue weighted by molar-refractivity contribution is 6.34. The van der Waals surface area contributed by atoms with Gasteiger partial charge in [-0.25, -0.2) is 17.6 Å². The SMILES string of the molecule is [B]c1cc(F)c(-c2cc(C)c(F)cc2F)c(F)c1OC. The summed E-state index contributed by atoms with van der Waals surface area (Å²) < 4.78 is 59.8. The van der Waals surface area contributed by atoms with Gasteiger partial charge in [-0.05, 0) is 30.1 Å². The zero-order valence-corrected chi connectivity index (χ0v) is 10.7. The van der Waals surface area contributed by atoms with Crippen molar-refractivity contribution in [3.63, 3.8) is 0 Å². The van der Waals surface area contributed by atoms with Crippen molar-refractivity contribution in [2.24, 2.45) is 0 Å². The Morgan fingerprint density at radius 3 is 2.20 bits per heavy atom. The van der Waals surface area contributed by atoms with Crippen LogP contribution in [0.5, 0.6) is 5.75 Å². The molecule has 0 atom stereocenters. The second-order valence-electron chi connectivity index (χ2n) is 4.25. The third-order valence-electron chi connectivity index (χ3n) is 2.92. The summed E-state index contributed by atoms with van der Waals surface area (Å²) in [4.78, 5) is 0. The van der Waals surface area contributed by atoms with Gasteiger partial charge in [-0.15, -0.1) is 0 Å².